The van der Waals surface area contributed by atoms with E-state index in [2.05, 4.69) is 19.1 Å². The molecule has 0 aromatic heterocycles. The first-order chi connectivity index (χ1) is 5.84. The van der Waals surface area contributed by atoms with Gasteiger partial charge in [-0.15, -0.1) is 24.0 Å². The van der Waals surface area contributed by atoms with E-state index in [0.29, 0.717) is 0 Å². The van der Waals surface area contributed by atoms with Gasteiger partial charge < -0.3 is 5.73 Å². The van der Waals surface area contributed by atoms with E-state index >= 15 is 0 Å². The molecular weight excluding hydrogens is 273 g/mol. The molecule has 1 aromatic rings. The van der Waals surface area contributed by atoms with E-state index in [4.69, 9.17) is 5.73 Å². The van der Waals surface area contributed by atoms with Gasteiger partial charge in [0.1, 0.15) is 0 Å². The molecular formula is C11H18IN. The number of benzene rings is 1. The van der Waals surface area contributed by atoms with Crippen molar-refractivity contribution in [1.82, 2.24) is 0 Å². The molecule has 13 heavy (non-hydrogen) atoms. The molecule has 0 heterocycles. The van der Waals surface area contributed by atoms with Crippen molar-refractivity contribution < 1.29 is 0 Å². The Kier molecular flexibility index (Phi) is 7.28. The summed E-state index contributed by atoms with van der Waals surface area (Å²) in [6, 6.07) is 10.5. The monoisotopic (exact) mass is 291 g/mol. The largest absolute Gasteiger partial charge is 0.324 e. The smallest absolute Gasteiger partial charge is 0.0294 e. The highest BCUT2D eigenvalue weighted by Gasteiger charge is 2.02. The van der Waals surface area contributed by atoms with Crippen LogP contribution in [0.15, 0.2) is 30.3 Å². The lowest BCUT2D eigenvalue weighted by Gasteiger charge is -2.10. The average Bonchev–Trinajstić information content (AvgIpc) is 2.15. The predicted octanol–water partition coefficient (Wildman–Crippen LogP) is 3.49. The molecule has 0 bridgehead atoms. The average molecular weight is 291 g/mol. The lowest BCUT2D eigenvalue weighted by atomic mass is 10.0. The summed E-state index contributed by atoms with van der Waals surface area (Å²) in [4.78, 5) is 0. The van der Waals surface area contributed by atoms with Gasteiger partial charge in [-0.3, -0.25) is 0 Å². The van der Waals surface area contributed by atoms with Gasteiger partial charge in [0.05, 0.1) is 0 Å². The summed E-state index contributed by atoms with van der Waals surface area (Å²) in [5.74, 6) is 0. The van der Waals surface area contributed by atoms with E-state index in [1.54, 1.807) is 0 Å². The Morgan fingerprint density at radius 1 is 1.23 bits per heavy atom. The zero-order valence-corrected chi connectivity index (χ0v) is 10.4. The van der Waals surface area contributed by atoms with Crippen LogP contribution in [0.2, 0.25) is 0 Å². The minimum atomic E-state index is 0. The van der Waals surface area contributed by atoms with Crippen molar-refractivity contribution in [1.29, 1.82) is 0 Å². The van der Waals surface area contributed by atoms with Gasteiger partial charge in [0, 0.05) is 6.04 Å². The van der Waals surface area contributed by atoms with Crippen molar-refractivity contribution in [2.24, 2.45) is 5.73 Å². The third-order valence-corrected chi connectivity index (χ3v) is 2.10. The number of hydrogen-bond acceptors (Lipinski definition) is 1. The lowest BCUT2D eigenvalue weighted by Crippen LogP contribution is -2.09. The van der Waals surface area contributed by atoms with E-state index in [-0.39, 0.29) is 30.0 Å². The fourth-order valence-electron chi connectivity index (χ4n) is 1.29. The summed E-state index contributed by atoms with van der Waals surface area (Å²) in [6.45, 7) is 2.19. The van der Waals surface area contributed by atoms with Gasteiger partial charge in [0.2, 0.25) is 0 Å². The summed E-state index contributed by atoms with van der Waals surface area (Å²) in [7, 11) is 0. The maximum Gasteiger partial charge on any atom is 0.0294 e. The molecule has 1 aromatic carbocycles. The van der Waals surface area contributed by atoms with Crippen molar-refractivity contribution in [2.45, 2.75) is 32.2 Å². The van der Waals surface area contributed by atoms with Crippen molar-refractivity contribution in [3.63, 3.8) is 0 Å². The Bertz CT molecular complexity index is 211. The molecule has 1 atom stereocenters. The molecule has 2 heteroatoms. The van der Waals surface area contributed by atoms with Crippen LogP contribution in [0, 0.1) is 0 Å². The molecule has 0 aliphatic rings. The standard InChI is InChI=1S/C11H17N.HI/c1-2-3-9-11(12)10-7-5-4-6-8-10;/h4-8,11H,2-3,9,12H2,1H3;1H. The quantitative estimate of drug-likeness (QED) is 0.844. The Morgan fingerprint density at radius 3 is 2.38 bits per heavy atom. The molecule has 0 spiro atoms. The van der Waals surface area contributed by atoms with Gasteiger partial charge >= 0.3 is 0 Å². The van der Waals surface area contributed by atoms with Gasteiger partial charge in [-0.1, -0.05) is 50.1 Å². The second-order valence-corrected chi connectivity index (χ2v) is 3.16. The Labute approximate surface area is 97.7 Å². The zero-order valence-electron chi connectivity index (χ0n) is 8.07. The van der Waals surface area contributed by atoms with Gasteiger partial charge in [-0.05, 0) is 12.0 Å². The van der Waals surface area contributed by atoms with Crippen LogP contribution in [0.4, 0.5) is 0 Å². The van der Waals surface area contributed by atoms with Crippen LogP contribution in [0.5, 0.6) is 0 Å². The van der Waals surface area contributed by atoms with Crippen molar-refractivity contribution in [2.75, 3.05) is 0 Å². The first-order valence-corrected chi connectivity index (χ1v) is 4.65. The van der Waals surface area contributed by atoms with Crippen molar-refractivity contribution in [3.05, 3.63) is 35.9 Å². The van der Waals surface area contributed by atoms with Crippen LogP contribution >= 0.6 is 24.0 Å². The third-order valence-electron chi connectivity index (χ3n) is 2.10. The van der Waals surface area contributed by atoms with Crippen LogP contribution in [0.1, 0.15) is 37.8 Å². The van der Waals surface area contributed by atoms with Gasteiger partial charge in [0.25, 0.3) is 0 Å². The first kappa shape index (κ1) is 12.9. The number of nitrogens with two attached hydrogens (primary N) is 1. The molecule has 1 unspecified atom stereocenters. The second-order valence-electron chi connectivity index (χ2n) is 3.16. The van der Waals surface area contributed by atoms with Crippen LogP contribution < -0.4 is 5.73 Å². The molecule has 0 saturated heterocycles. The van der Waals surface area contributed by atoms with Crippen LogP contribution in [0.3, 0.4) is 0 Å². The zero-order chi connectivity index (χ0) is 8.81. The van der Waals surface area contributed by atoms with E-state index in [1.807, 2.05) is 18.2 Å². The molecule has 0 aliphatic carbocycles. The maximum atomic E-state index is 5.98. The minimum absolute atomic E-state index is 0. The highest BCUT2D eigenvalue weighted by Crippen LogP contribution is 2.15. The van der Waals surface area contributed by atoms with Gasteiger partial charge in [-0.2, -0.15) is 0 Å². The maximum absolute atomic E-state index is 5.98. The summed E-state index contributed by atoms with van der Waals surface area (Å²) in [6.07, 6.45) is 3.54. The Hall–Kier alpha value is -0.0900. The molecule has 2 N–H and O–H groups in total. The Morgan fingerprint density at radius 2 is 1.85 bits per heavy atom. The summed E-state index contributed by atoms with van der Waals surface area (Å²) in [5.41, 5.74) is 7.24. The van der Waals surface area contributed by atoms with E-state index < -0.39 is 0 Å². The van der Waals surface area contributed by atoms with E-state index in [9.17, 15) is 0 Å². The van der Waals surface area contributed by atoms with Crippen LogP contribution in [0.25, 0.3) is 0 Å². The highest BCUT2D eigenvalue weighted by molar-refractivity contribution is 14.0. The van der Waals surface area contributed by atoms with Gasteiger partial charge in [-0.25, -0.2) is 0 Å². The predicted molar refractivity (Wildman–Crippen MR) is 68.3 cm³/mol. The van der Waals surface area contributed by atoms with E-state index in [1.165, 1.54) is 18.4 Å². The molecule has 0 aliphatic heterocycles. The van der Waals surface area contributed by atoms with E-state index in [0.717, 1.165) is 6.42 Å². The molecule has 0 radical (unpaired) electrons. The minimum Gasteiger partial charge on any atom is -0.324 e. The number of rotatable bonds is 4. The van der Waals surface area contributed by atoms with Crippen molar-refractivity contribution in [3.8, 4) is 0 Å². The fourth-order valence-corrected chi connectivity index (χ4v) is 1.29. The van der Waals surface area contributed by atoms with Crippen LogP contribution in [-0.4, -0.2) is 0 Å². The first-order valence-electron chi connectivity index (χ1n) is 4.65. The third kappa shape index (κ3) is 4.62. The molecule has 1 rings (SSSR count). The number of unbranched alkanes of at least 4 members (excludes halogenated alkanes) is 1. The van der Waals surface area contributed by atoms with Gasteiger partial charge in [0.15, 0.2) is 0 Å². The van der Waals surface area contributed by atoms with Crippen molar-refractivity contribution >= 4 is 24.0 Å². The fraction of sp³-hybridized carbons (Fsp3) is 0.455. The number of halogens is 1. The molecule has 0 saturated carbocycles. The normalized spacial score (nSPS) is 11.8. The summed E-state index contributed by atoms with van der Waals surface area (Å²) >= 11 is 0. The molecule has 74 valence electrons. The Balaban J connectivity index is 0.00000144. The van der Waals surface area contributed by atoms with Crippen LogP contribution in [-0.2, 0) is 0 Å². The summed E-state index contributed by atoms with van der Waals surface area (Å²) < 4.78 is 0. The number of hydrogen-bond donors (Lipinski definition) is 1. The summed E-state index contributed by atoms with van der Waals surface area (Å²) in [5, 5.41) is 0. The molecule has 1 nitrogen and oxygen atoms in total. The SMILES string of the molecule is CCCCC(N)c1ccccc1.I. The topological polar surface area (TPSA) is 26.0 Å². The highest BCUT2D eigenvalue weighted by atomic mass is 127. The molecule has 0 amide bonds. The second kappa shape index (κ2) is 7.33. The molecule has 0 fully saturated rings. The lowest BCUT2D eigenvalue weighted by molar-refractivity contribution is 0.603.